The number of anilines is 1. The zero-order valence-electron chi connectivity index (χ0n) is 17.1. The van der Waals surface area contributed by atoms with Crippen LogP contribution < -0.4 is 16.2 Å². The van der Waals surface area contributed by atoms with Crippen molar-refractivity contribution in [2.24, 2.45) is 7.05 Å². The first-order chi connectivity index (χ1) is 14.1. The first-order valence-electron chi connectivity index (χ1n) is 9.17. The Kier molecular flexibility index (Phi) is 5.77. The number of benzene rings is 1. The molecule has 0 bridgehead atoms. The first kappa shape index (κ1) is 20.9. The van der Waals surface area contributed by atoms with Crippen molar-refractivity contribution >= 4 is 28.6 Å². The van der Waals surface area contributed by atoms with Crippen molar-refractivity contribution in [2.45, 2.75) is 32.9 Å². The third kappa shape index (κ3) is 5.16. The van der Waals surface area contributed by atoms with Crippen molar-refractivity contribution in [2.75, 3.05) is 5.32 Å². The Labute approximate surface area is 172 Å². The van der Waals surface area contributed by atoms with Crippen molar-refractivity contribution in [1.82, 2.24) is 24.8 Å². The predicted octanol–water partition coefficient (Wildman–Crippen LogP) is 2.00. The minimum atomic E-state index is -0.601. The van der Waals surface area contributed by atoms with Crippen LogP contribution in [-0.4, -0.2) is 37.1 Å². The van der Waals surface area contributed by atoms with Gasteiger partial charge in [0.1, 0.15) is 11.4 Å². The number of nitrogens with zero attached hydrogens (tertiary/aromatic N) is 4. The summed E-state index contributed by atoms with van der Waals surface area (Å²) in [4.78, 5) is 48.7. The van der Waals surface area contributed by atoms with Crippen LogP contribution in [-0.2, 0) is 18.3 Å². The quantitative estimate of drug-likeness (QED) is 0.673. The zero-order valence-corrected chi connectivity index (χ0v) is 17.1. The van der Waals surface area contributed by atoms with E-state index in [2.05, 4.69) is 25.6 Å². The third-order valence-electron chi connectivity index (χ3n) is 3.93. The van der Waals surface area contributed by atoms with Crippen LogP contribution in [0.1, 0.15) is 37.0 Å². The molecule has 2 heterocycles. The lowest BCUT2D eigenvalue weighted by Gasteiger charge is -2.19. The molecule has 0 atom stereocenters. The van der Waals surface area contributed by atoms with Crippen LogP contribution in [0.4, 0.5) is 10.5 Å². The molecule has 3 rings (SSSR count). The van der Waals surface area contributed by atoms with Gasteiger partial charge in [-0.25, -0.2) is 19.7 Å². The molecule has 0 saturated carbocycles. The summed E-state index contributed by atoms with van der Waals surface area (Å²) in [6.07, 6.45) is 3.58. The number of hydrogen-bond donors (Lipinski definition) is 2. The Hall–Kier alpha value is -3.82. The van der Waals surface area contributed by atoms with Crippen LogP contribution >= 0.6 is 0 Å². The van der Waals surface area contributed by atoms with Crippen molar-refractivity contribution in [1.29, 1.82) is 0 Å². The van der Waals surface area contributed by atoms with E-state index in [0.717, 1.165) is 0 Å². The van der Waals surface area contributed by atoms with Gasteiger partial charge in [0.15, 0.2) is 0 Å². The molecule has 30 heavy (non-hydrogen) atoms. The molecule has 3 aromatic rings. The molecule has 10 heteroatoms. The smallest absolute Gasteiger partial charge is 0.408 e. The molecule has 0 saturated heterocycles. The fraction of sp³-hybridized carbons (Fsp3) is 0.300. The first-order valence-corrected chi connectivity index (χ1v) is 9.17. The van der Waals surface area contributed by atoms with E-state index in [4.69, 9.17) is 4.74 Å². The largest absolute Gasteiger partial charge is 0.444 e. The van der Waals surface area contributed by atoms with E-state index in [1.165, 1.54) is 23.3 Å². The van der Waals surface area contributed by atoms with Gasteiger partial charge in [0.2, 0.25) is 0 Å². The molecule has 2 amide bonds. The molecule has 1 aromatic carbocycles. The fourth-order valence-electron chi connectivity index (χ4n) is 2.52. The highest BCUT2D eigenvalue weighted by Gasteiger charge is 2.16. The second kappa shape index (κ2) is 8.27. The summed E-state index contributed by atoms with van der Waals surface area (Å²) in [5.74, 6) is -0.0978. The summed E-state index contributed by atoms with van der Waals surface area (Å²) in [6.45, 7) is 5.36. The predicted molar refractivity (Wildman–Crippen MR) is 110 cm³/mol. The highest BCUT2D eigenvalue weighted by Crippen LogP contribution is 2.15. The molecule has 0 fully saturated rings. The van der Waals surface area contributed by atoms with Gasteiger partial charge in [-0.05, 0) is 39.0 Å². The monoisotopic (exact) mass is 410 g/mol. The van der Waals surface area contributed by atoms with Crippen LogP contribution in [0.25, 0.3) is 10.9 Å². The molecule has 2 N–H and O–H groups in total. The van der Waals surface area contributed by atoms with Gasteiger partial charge in [0.05, 0.1) is 29.3 Å². The van der Waals surface area contributed by atoms with E-state index in [9.17, 15) is 14.4 Å². The number of nitrogens with one attached hydrogen (secondary N) is 2. The molecule has 0 spiro atoms. The van der Waals surface area contributed by atoms with Gasteiger partial charge in [0.25, 0.3) is 11.5 Å². The number of alkyl carbamates (subject to hydrolysis) is 1. The average Bonchev–Trinajstić information content (AvgIpc) is 2.68. The van der Waals surface area contributed by atoms with Gasteiger partial charge < -0.3 is 19.9 Å². The van der Waals surface area contributed by atoms with Gasteiger partial charge in [-0.1, -0.05) is 0 Å². The molecule has 156 valence electrons. The van der Waals surface area contributed by atoms with E-state index >= 15 is 0 Å². The van der Waals surface area contributed by atoms with E-state index < -0.39 is 17.6 Å². The van der Waals surface area contributed by atoms with Gasteiger partial charge >= 0.3 is 6.09 Å². The van der Waals surface area contributed by atoms with Crippen molar-refractivity contribution in [3.63, 3.8) is 0 Å². The van der Waals surface area contributed by atoms with E-state index in [1.54, 1.807) is 46.0 Å². The maximum Gasteiger partial charge on any atom is 0.408 e. The van der Waals surface area contributed by atoms with Crippen LogP contribution in [0.5, 0.6) is 0 Å². The number of aryl methyl sites for hydroxylation is 1. The molecule has 0 aliphatic carbocycles. The Bertz CT molecular complexity index is 1150. The van der Waals surface area contributed by atoms with E-state index in [1.807, 2.05) is 0 Å². The molecule has 0 unspecified atom stereocenters. The number of carbonyl (C=O) groups is 2. The Morgan fingerprint density at radius 3 is 2.50 bits per heavy atom. The summed E-state index contributed by atoms with van der Waals surface area (Å²) in [5.41, 5.74) is 0.418. The summed E-state index contributed by atoms with van der Waals surface area (Å²) < 4.78 is 6.50. The second-order valence-electron chi connectivity index (χ2n) is 7.59. The molecule has 0 radical (unpaired) electrons. The lowest BCUT2D eigenvalue weighted by Crippen LogP contribution is -2.32. The Balaban J connectivity index is 1.65. The fourth-order valence-corrected chi connectivity index (χ4v) is 2.52. The number of aromatic nitrogens is 4. The SMILES string of the molecule is Cn1cnc2ccc(NC(=O)c3cnc(CNC(=O)OC(C)(C)C)nc3)cc2c1=O. The number of rotatable bonds is 4. The molecule has 10 nitrogen and oxygen atoms in total. The van der Waals surface area contributed by atoms with Crippen LogP contribution in [0.2, 0.25) is 0 Å². The zero-order chi connectivity index (χ0) is 21.9. The van der Waals surface area contributed by atoms with Crippen molar-refractivity contribution in [3.8, 4) is 0 Å². The van der Waals surface area contributed by atoms with Crippen LogP contribution in [0.15, 0.2) is 41.7 Å². The summed E-state index contributed by atoms with van der Waals surface area (Å²) in [6, 6.07) is 4.89. The van der Waals surface area contributed by atoms with Gasteiger partial charge in [-0.15, -0.1) is 0 Å². The van der Waals surface area contributed by atoms with E-state index in [0.29, 0.717) is 22.4 Å². The second-order valence-corrected chi connectivity index (χ2v) is 7.59. The summed E-state index contributed by atoms with van der Waals surface area (Å²) in [7, 11) is 1.61. The van der Waals surface area contributed by atoms with Crippen LogP contribution in [0.3, 0.4) is 0 Å². The maximum atomic E-state index is 12.5. The number of hydrogen-bond acceptors (Lipinski definition) is 7. The average molecular weight is 410 g/mol. The maximum absolute atomic E-state index is 12.5. The molecule has 0 aliphatic heterocycles. The van der Waals surface area contributed by atoms with Gasteiger partial charge in [0, 0.05) is 25.1 Å². The summed E-state index contributed by atoms with van der Waals surface area (Å²) in [5, 5.41) is 5.66. The standard InChI is InChI=1S/C20H22N6O4/c1-20(2,3)30-19(29)23-10-16-21-8-12(9-22-16)17(27)25-13-5-6-15-14(7-13)18(28)26(4)11-24-15/h5-9,11H,10H2,1-4H3,(H,23,29)(H,25,27). The lowest BCUT2D eigenvalue weighted by molar-refractivity contribution is 0.0522. The molecule has 2 aromatic heterocycles. The van der Waals surface area contributed by atoms with E-state index in [-0.39, 0.29) is 17.7 Å². The Morgan fingerprint density at radius 1 is 1.13 bits per heavy atom. The topological polar surface area (TPSA) is 128 Å². The molecular weight excluding hydrogens is 388 g/mol. The van der Waals surface area contributed by atoms with Gasteiger partial charge in [-0.3, -0.25) is 9.59 Å². The van der Waals surface area contributed by atoms with Gasteiger partial charge in [-0.2, -0.15) is 0 Å². The number of fused-ring (bicyclic) bond motifs is 1. The molecule has 0 aliphatic rings. The minimum absolute atomic E-state index is 0.0672. The number of amides is 2. The lowest BCUT2D eigenvalue weighted by atomic mass is 10.2. The Morgan fingerprint density at radius 2 is 1.83 bits per heavy atom. The highest BCUT2D eigenvalue weighted by molar-refractivity contribution is 6.04. The third-order valence-corrected chi connectivity index (χ3v) is 3.93. The highest BCUT2D eigenvalue weighted by atomic mass is 16.6. The van der Waals surface area contributed by atoms with Crippen LogP contribution in [0, 0.1) is 0 Å². The number of ether oxygens (including phenoxy) is 1. The van der Waals surface area contributed by atoms with Crippen molar-refractivity contribution < 1.29 is 14.3 Å². The van der Waals surface area contributed by atoms with Crippen molar-refractivity contribution in [3.05, 3.63) is 58.7 Å². The minimum Gasteiger partial charge on any atom is -0.444 e. The summed E-state index contributed by atoms with van der Waals surface area (Å²) >= 11 is 0. The molecular formula is C20H22N6O4. The number of carbonyl (C=O) groups excluding carboxylic acids is 2. The normalized spacial score (nSPS) is 11.2.